The van der Waals surface area contributed by atoms with E-state index < -0.39 is 8.07 Å². The molecule has 2 heterocycles. The summed E-state index contributed by atoms with van der Waals surface area (Å²) in [6.45, 7) is 0. The molecule has 2 nitrogen and oxygen atoms in total. The minimum absolute atomic E-state index is 1.16. The molecule has 10 aromatic rings. The summed E-state index contributed by atoms with van der Waals surface area (Å²) in [4.78, 5) is 0. The van der Waals surface area contributed by atoms with E-state index in [1.165, 1.54) is 70.0 Å². The first-order valence-electron chi connectivity index (χ1n) is 17.6. The highest BCUT2D eigenvalue weighted by Crippen LogP contribution is 2.41. The maximum atomic E-state index is 2.54. The number of rotatable bonds is 6. The smallest absolute Gasteiger partial charge is 0.181 e. The van der Waals surface area contributed by atoms with Crippen LogP contribution in [0.2, 0.25) is 0 Å². The second-order valence-electron chi connectivity index (χ2n) is 13.3. The number of hydrogen-bond acceptors (Lipinski definition) is 0. The molecule has 3 heteroatoms. The zero-order chi connectivity index (χ0) is 33.8. The van der Waals surface area contributed by atoms with Crippen LogP contribution in [0.25, 0.3) is 55.0 Å². The topological polar surface area (TPSA) is 9.86 Å². The van der Waals surface area contributed by atoms with Crippen molar-refractivity contribution < 1.29 is 0 Å². The van der Waals surface area contributed by atoms with Crippen LogP contribution in [-0.2, 0) is 0 Å². The first-order valence-corrected chi connectivity index (χ1v) is 19.6. The van der Waals surface area contributed by atoms with Crippen molar-refractivity contribution in [3.05, 3.63) is 206 Å². The van der Waals surface area contributed by atoms with Gasteiger partial charge in [0.1, 0.15) is 0 Å². The molecule has 0 aliphatic heterocycles. The summed E-state index contributed by atoms with van der Waals surface area (Å²) in [5.74, 6) is 0. The third-order valence-electron chi connectivity index (χ3n) is 10.7. The largest absolute Gasteiger partial charge is 0.309 e. The summed E-state index contributed by atoms with van der Waals surface area (Å²) < 4.78 is 5.01. The molecule has 0 atom stereocenters. The van der Waals surface area contributed by atoms with E-state index in [1.54, 1.807) is 0 Å². The Morgan fingerprint density at radius 1 is 0.314 bits per heavy atom. The van der Waals surface area contributed by atoms with Gasteiger partial charge >= 0.3 is 0 Å². The zero-order valence-corrected chi connectivity index (χ0v) is 29.0. The van der Waals surface area contributed by atoms with Gasteiger partial charge in [0, 0.05) is 32.9 Å². The van der Waals surface area contributed by atoms with Gasteiger partial charge in [0.05, 0.1) is 22.1 Å². The summed E-state index contributed by atoms with van der Waals surface area (Å²) in [6.07, 6.45) is 0. The Bertz CT molecular complexity index is 2740. The van der Waals surface area contributed by atoms with Gasteiger partial charge in [0.15, 0.2) is 8.07 Å². The Labute approximate surface area is 298 Å². The third-order valence-corrected chi connectivity index (χ3v) is 15.5. The van der Waals surface area contributed by atoms with E-state index in [0.717, 1.165) is 5.69 Å². The molecule has 0 amide bonds. The second-order valence-corrected chi connectivity index (χ2v) is 17.0. The highest BCUT2D eigenvalue weighted by atomic mass is 28.3. The van der Waals surface area contributed by atoms with Crippen LogP contribution < -0.4 is 20.7 Å². The van der Waals surface area contributed by atoms with E-state index in [0.29, 0.717) is 0 Å². The maximum absolute atomic E-state index is 2.85. The van der Waals surface area contributed by atoms with Gasteiger partial charge in [-0.3, -0.25) is 0 Å². The molecule has 240 valence electrons. The lowest BCUT2D eigenvalue weighted by atomic mass is 10.1. The quantitative estimate of drug-likeness (QED) is 0.124. The van der Waals surface area contributed by atoms with E-state index in [1.807, 2.05) is 0 Å². The van der Waals surface area contributed by atoms with Crippen molar-refractivity contribution in [2.24, 2.45) is 0 Å². The molecule has 0 aliphatic rings. The SMILES string of the molecule is c1ccc(-n2c3ccccc3c3ccc4c(c5ccccc5n4-c4ccccc4[Si](c4ccccc4)(c4ccccc4)c4ccccc4)c32)cc1. The van der Waals surface area contributed by atoms with Gasteiger partial charge in [-0.1, -0.05) is 170 Å². The number of para-hydroxylation sites is 4. The molecular formula is C48H34N2Si. The Morgan fingerprint density at radius 3 is 1.39 bits per heavy atom. The molecule has 0 unspecified atom stereocenters. The number of benzene rings is 8. The fourth-order valence-corrected chi connectivity index (χ4v) is 13.6. The normalized spacial score (nSPS) is 11.9. The van der Waals surface area contributed by atoms with E-state index in [4.69, 9.17) is 0 Å². The number of nitrogens with zero attached hydrogens (tertiary/aromatic N) is 2. The zero-order valence-electron chi connectivity index (χ0n) is 28.0. The van der Waals surface area contributed by atoms with Crippen molar-refractivity contribution in [3.63, 3.8) is 0 Å². The molecule has 0 radical (unpaired) electrons. The Morgan fingerprint density at radius 2 is 0.784 bits per heavy atom. The van der Waals surface area contributed by atoms with Crippen molar-refractivity contribution in [3.8, 4) is 11.4 Å². The van der Waals surface area contributed by atoms with Gasteiger partial charge in [-0.2, -0.15) is 0 Å². The van der Waals surface area contributed by atoms with Crippen molar-refractivity contribution >= 4 is 72.4 Å². The Hall–Kier alpha value is -6.42. The van der Waals surface area contributed by atoms with Gasteiger partial charge in [-0.25, -0.2) is 0 Å². The molecule has 0 bridgehead atoms. The predicted octanol–water partition coefficient (Wildman–Crippen LogP) is 9.26. The average Bonchev–Trinajstić information content (AvgIpc) is 3.73. The van der Waals surface area contributed by atoms with E-state index in [9.17, 15) is 0 Å². The molecule has 0 aliphatic carbocycles. The average molecular weight is 667 g/mol. The van der Waals surface area contributed by atoms with Crippen molar-refractivity contribution in [2.45, 2.75) is 0 Å². The van der Waals surface area contributed by atoms with Crippen LogP contribution in [0, 0.1) is 0 Å². The van der Waals surface area contributed by atoms with Crippen molar-refractivity contribution in [2.75, 3.05) is 0 Å². The Kier molecular flexibility index (Phi) is 6.86. The summed E-state index contributed by atoms with van der Waals surface area (Å²) in [7, 11) is -2.85. The van der Waals surface area contributed by atoms with Gasteiger partial charge in [0.2, 0.25) is 0 Å². The van der Waals surface area contributed by atoms with Crippen LogP contribution >= 0.6 is 0 Å². The monoisotopic (exact) mass is 666 g/mol. The maximum Gasteiger partial charge on any atom is 0.181 e. The lowest BCUT2D eigenvalue weighted by Gasteiger charge is -2.36. The van der Waals surface area contributed by atoms with Crippen molar-refractivity contribution in [1.82, 2.24) is 9.13 Å². The summed E-state index contributed by atoms with van der Waals surface area (Å²) in [6, 6.07) is 76.1. The first-order chi connectivity index (χ1) is 25.4. The minimum Gasteiger partial charge on any atom is -0.309 e. The highest BCUT2D eigenvalue weighted by molar-refractivity contribution is 7.20. The third kappa shape index (κ3) is 4.35. The van der Waals surface area contributed by atoms with Crippen LogP contribution in [0.5, 0.6) is 0 Å². The van der Waals surface area contributed by atoms with Crippen LogP contribution in [0.15, 0.2) is 206 Å². The summed E-state index contributed by atoms with van der Waals surface area (Å²) >= 11 is 0. The van der Waals surface area contributed by atoms with E-state index in [2.05, 4.69) is 215 Å². The standard InChI is InChI=1S/C48H34N2Si/c1-5-19-35(20-6-1)49-42-29-15-13-27-39(42)40-33-34-45-47(48(40)49)41-28-14-16-30-43(41)50(45)44-31-17-18-32-46(44)51(36-21-7-2-8-22-36,37-23-9-3-10-24-37)38-25-11-4-12-26-38/h1-34H. The van der Waals surface area contributed by atoms with E-state index in [-0.39, 0.29) is 0 Å². The lowest BCUT2D eigenvalue weighted by molar-refractivity contribution is 1.18. The van der Waals surface area contributed by atoms with Gasteiger partial charge in [-0.05, 0) is 57.1 Å². The molecule has 0 saturated carbocycles. The van der Waals surface area contributed by atoms with Crippen LogP contribution in [0.1, 0.15) is 0 Å². The Balaban J connectivity index is 1.39. The second kappa shape index (κ2) is 11.9. The lowest BCUT2D eigenvalue weighted by Crippen LogP contribution is -2.75. The molecule has 0 fully saturated rings. The van der Waals surface area contributed by atoms with Crippen LogP contribution in [0.4, 0.5) is 0 Å². The molecule has 2 aromatic heterocycles. The summed E-state index contributed by atoms with van der Waals surface area (Å²) in [5, 5.41) is 10.5. The summed E-state index contributed by atoms with van der Waals surface area (Å²) in [5.41, 5.74) is 7.24. The molecule has 51 heavy (non-hydrogen) atoms. The van der Waals surface area contributed by atoms with Gasteiger partial charge in [0.25, 0.3) is 0 Å². The minimum atomic E-state index is -2.85. The molecule has 0 saturated heterocycles. The van der Waals surface area contributed by atoms with E-state index >= 15 is 0 Å². The predicted molar refractivity (Wildman–Crippen MR) is 219 cm³/mol. The fourth-order valence-electron chi connectivity index (χ4n) is 8.63. The number of fused-ring (bicyclic) bond motifs is 7. The number of aromatic nitrogens is 2. The molecule has 10 rings (SSSR count). The van der Waals surface area contributed by atoms with Crippen LogP contribution in [0.3, 0.4) is 0 Å². The first kappa shape index (κ1) is 29.5. The number of hydrogen-bond donors (Lipinski definition) is 0. The highest BCUT2D eigenvalue weighted by Gasteiger charge is 2.43. The molecule has 8 aromatic carbocycles. The van der Waals surface area contributed by atoms with Crippen molar-refractivity contribution in [1.29, 1.82) is 0 Å². The fraction of sp³-hybridized carbons (Fsp3) is 0. The molecule has 0 N–H and O–H groups in total. The molecular weight excluding hydrogens is 633 g/mol. The van der Waals surface area contributed by atoms with Gasteiger partial charge < -0.3 is 9.13 Å². The van der Waals surface area contributed by atoms with Gasteiger partial charge in [-0.15, -0.1) is 0 Å². The molecule has 0 spiro atoms. The van der Waals surface area contributed by atoms with Crippen LogP contribution in [-0.4, -0.2) is 17.2 Å².